The van der Waals surface area contributed by atoms with Crippen LogP contribution in [0.1, 0.15) is 19.5 Å². The van der Waals surface area contributed by atoms with E-state index in [1.165, 1.54) is 0 Å². The molecule has 0 radical (unpaired) electrons. The van der Waals surface area contributed by atoms with Gasteiger partial charge in [0, 0.05) is 13.1 Å². The minimum absolute atomic E-state index is 0.115. The van der Waals surface area contributed by atoms with E-state index in [0.717, 1.165) is 0 Å². The van der Waals surface area contributed by atoms with E-state index in [9.17, 15) is 15.2 Å². The van der Waals surface area contributed by atoms with Crippen LogP contribution in [0.2, 0.25) is 0 Å². The molecule has 0 aliphatic rings. The molecule has 1 heterocycles. The van der Waals surface area contributed by atoms with Gasteiger partial charge in [-0.1, -0.05) is 0 Å². The zero-order chi connectivity index (χ0) is 13.7. The molecule has 1 aromatic rings. The van der Waals surface area contributed by atoms with Crippen molar-refractivity contribution in [3.8, 4) is 0 Å². The first-order valence-corrected chi connectivity index (χ1v) is 5.64. The summed E-state index contributed by atoms with van der Waals surface area (Å²) < 4.78 is 0. The van der Waals surface area contributed by atoms with Gasteiger partial charge in [-0.3, -0.25) is 10.1 Å². The van der Waals surface area contributed by atoms with Crippen molar-refractivity contribution in [3.05, 3.63) is 15.8 Å². The third-order valence-corrected chi connectivity index (χ3v) is 2.14. The van der Waals surface area contributed by atoms with Crippen LogP contribution in [0.4, 0.5) is 17.5 Å². The summed E-state index contributed by atoms with van der Waals surface area (Å²) in [5.74, 6) is 0.443. The topological polar surface area (TPSA) is 113 Å². The summed E-state index contributed by atoms with van der Waals surface area (Å²) in [7, 11) is 0. The van der Waals surface area contributed by atoms with E-state index in [0.29, 0.717) is 12.5 Å². The molecule has 1 rings (SSSR count). The van der Waals surface area contributed by atoms with Crippen LogP contribution in [-0.4, -0.2) is 39.2 Å². The molecule has 0 aromatic carbocycles. The van der Waals surface area contributed by atoms with E-state index in [4.69, 9.17) is 0 Å². The van der Waals surface area contributed by atoms with Crippen LogP contribution >= 0.6 is 0 Å². The maximum absolute atomic E-state index is 11.0. The Hall–Kier alpha value is -1.96. The van der Waals surface area contributed by atoms with Crippen LogP contribution in [0, 0.1) is 17.0 Å². The first-order chi connectivity index (χ1) is 8.45. The van der Waals surface area contributed by atoms with Crippen molar-refractivity contribution in [2.45, 2.75) is 26.9 Å². The Labute approximate surface area is 105 Å². The number of hydrogen-bond acceptors (Lipinski definition) is 7. The number of aryl methyl sites for hydroxylation is 1. The second-order valence-electron chi connectivity index (χ2n) is 3.85. The highest BCUT2D eigenvalue weighted by Crippen LogP contribution is 2.26. The summed E-state index contributed by atoms with van der Waals surface area (Å²) in [6.07, 6.45) is -0.623. The van der Waals surface area contributed by atoms with Crippen molar-refractivity contribution < 1.29 is 10.0 Å². The van der Waals surface area contributed by atoms with Crippen LogP contribution in [0.3, 0.4) is 0 Å². The fraction of sp³-hybridized carbons (Fsp3) is 0.600. The lowest BCUT2D eigenvalue weighted by molar-refractivity contribution is -0.385. The molecule has 0 fully saturated rings. The smallest absolute Gasteiger partial charge is 0.332 e. The Bertz CT molecular complexity index is 436. The second-order valence-corrected chi connectivity index (χ2v) is 3.85. The van der Waals surface area contributed by atoms with Gasteiger partial charge in [-0.15, -0.1) is 0 Å². The highest BCUT2D eigenvalue weighted by Gasteiger charge is 2.21. The fourth-order valence-corrected chi connectivity index (χ4v) is 1.39. The van der Waals surface area contributed by atoms with Gasteiger partial charge in [0.25, 0.3) is 0 Å². The standard InChI is InChI=1S/C10H17N5O3/c1-4-11-10-13-7(3)8(15(17)18)9(14-10)12-5-6(2)16/h6,16H,4-5H2,1-3H3,(H2,11,12,13,14). The zero-order valence-electron chi connectivity index (χ0n) is 10.6. The van der Waals surface area contributed by atoms with Crippen molar-refractivity contribution in [3.63, 3.8) is 0 Å². The SMILES string of the molecule is CCNc1nc(C)c([N+](=O)[O-])c(NCC(C)O)n1. The molecule has 0 saturated carbocycles. The predicted molar refractivity (Wildman–Crippen MR) is 67.8 cm³/mol. The first kappa shape index (κ1) is 14.1. The van der Waals surface area contributed by atoms with E-state index in [1.54, 1.807) is 13.8 Å². The van der Waals surface area contributed by atoms with Crippen LogP contribution in [0.25, 0.3) is 0 Å². The molecular formula is C10H17N5O3. The molecule has 100 valence electrons. The number of anilines is 2. The Morgan fingerprint density at radius 2 is 2.11 bits per heavy atom. The van der Waals surface area contributed by atoms with Crippen LogP contribution < -0.4 is 10.6 Å². The third-order valence-electron chi connectivity index (χ3n) is 2.14. The summed E-state index contributed by atoms with van der Waals surface area (Å²) in [4.78, 5) is 18.5. The largest absolute Gasteiger partial charge is 0.392 e. The van der Waals surface area contributed by atoms with Crippen molar-refractivity contribution in [1.29, 1.82) is 0 Å². The van der Waals surface area contributed by atoms with E-state index in [1.807, 2.05) is 6.92 Å². The predicted octanol–water partition coefficient (Wildman–Crippen LogP) is 0.918. The number of aromatic nitrogens is 2. The summed E-state index contributed by atoms with van der Waals surface area (Å²) in [6.45, 7) is 5.81. The summed E-state index contributed by atoms with van der Waals surface area (Å²) in [6, 6.07) is 0. The summed E-state index contributed by atoms with van der Waals surface area (Å²) in [5, 5.41) is 25.8. The molecular weight excluding hydrogens is 238 g/mol. The first-order valence-electron chi connectivity index (χ1n) is 5.64. The van der Waals surface area contributed by atoms with Crippen molar-refractivity contribution in [2.75, 3.05) is 23.7 Å². The molecule has 0 aliphatic heterocycles. The average molecular weight is 255 g/mol. The number of hydrogen-bond donors (Lipinski definition) is 3. The van der Waals surface area contributed by atoms with Gasteiger partial charge in [0.15, 0.2) is 0 Å². The summed E-state index contributed by atoms with van der Waals surface area (Å²) >= 11 is 0. The quantitative estimate of drug-likeness (QED) is 0.511. The molecule has 0 aliphatic carbocycles. The van der Waals surface area contributed by atoms with Gasteiger partial charge in [-0.25, -0.2) is 4.98 Å². The lowest BCUT2D eigenvalue weighted by Gasteiger charge is -2.11. The molecule has 1 atom stereocenters. The molecule has 1 aromatic heterocycles. The van der Waals surface area contributed by atoms with Gasteiger partial charge in [0.2, 0.25) is 11.8 Å². The highest BCUT2D eigenvalue weighted by molar-refractivity contribution is 5.60. The Kier molecular flexibility index (Phi) is 4.78. The highest BCUT2D eigenvalue weighted by atomic mass is 16.6. The van der Waals surface area contributed by atoms with Gasteiger partial charge in [0.1, 0.15) is 5.69 Å². The van der Waals surface area contributed by atoms with E-state index in [2.05, 4.69) is 20.6 Å². The Morgan fingerprint density at radius 3 is 2.61 bits per heavy atom. The van der Waals surface area contributed by atoms with Crippen LogP contribution in [0.5, 0.6) is 0 Å². The van der Waals surface area contributed by atoms with E-state index < -0.39 is 11.0 Å². The molecule has 8 nitrogen and oxygen atoms in total. The third kappa shape index (κ3) is 3.52. The second kappa shape index (κ2) is 6.10. The number of aliphatic hydroxyl groups is 1. The van der Waals surface area contributed by atoms with Crippen molar-refractivity contribution in [1.82, 2.24) is 9.97 Å². The molecule has 0 bridgehead atoms. The maximum Gasteiger partial charge on any atom is 0.332 e. The Balaban J connectivity index is 3.11. The van der Waals surface area contributed by atoms with Crippen molar-refractivity contribution in [2.24, 2.45) is 0 Å². The van der Waals surface area contributed by atoms with Gasteiger partial charge in [0.05, 0.1) is 11.0 Å². The maximum atomic E-state index is 11.0. The molecule has 0 amide bonds. The molecule has 18 heavy (non-hydrogen) atoms. The van der Waals surface area contributed by atoms with E-state index >= 15 is 0 Å². The lowest BCUT2D eigenvalue weighted by atomic mass is 10.3. The normalized spacial score (nSPS) is 12.0. The van der Waals surface area contributed by atoms with Gasteiger partial charge in [-0.05, 0) is 20.8 Å². The average Bonchev–Trinajstić information content (AvgIpc) is 2.25. The van der Waals surface area contributed by atoms with E-state index in [-0.39, 0.29) is 23.7 Å². The number of aliphatic hydroxyl groups excluding tert-OH is 1. The lowest BCUT2D eigenvalue weighted by Crippen LogP contribution is -2.18. The number of rotatable bonds is 6. The molecule has 0 saturated heterocycles. The van der Waals surface area contributed by atoms with Crippen molar-refractivity contribution >= 4 is 17.5 Å². The minimum atomic E-state index is -0.623. The van der Waals surface area contributed by atoms with Gasteiger partial charge >= 0.3 is 5.69 Å². The number of nitro groups is 1. The number of nitrogens with one attached hydrogen (secondary N) is 2. The van der Waals surface area contributed by atoms with Crippen LogP contribution in [-0.2, 0) is 0 Å². The molecule has 1 unspecified atom stereocenters. The van der Waals surface area contributed by atoms with Gasteiger partial charge in [-0.2, -0.15) is 4.98 Å². The Morgan fingerprint density at radius 1 is 1.44 bits per heavy atom. The molecule has 3 N–H and O–H groups in total. The minimum Gasteiger partial charge on any atom is -0.392 e. The van der Waals surface area contributed by atoms with Crippen LogP contribution in [0.15, 0.2) is 0 Å². The number of nitrogens with zero attached hydrogens (tertiary/aromatic N) is 3. The fourth-order valence-electron chi connectivity index (χ4n) is 1.39. The molecule has 0 spiro atoms. The zero-order valence-corrected chi connectivity index (χ0v) is 10.6. The molecule has 8 heteroatoms. The monoisotopic (exact) mass is 255 g/mol. The van der Waals surface area contributed by atoms with Gasteiger partial charge < -0.3 is 15.7 Å². The summed E-state index contributed by atoms with van der Waals surface area (Å²) in [5.41, 5.74) is 0.108.